The third-order valence-electron chi connectivity index (χ3n) is 4.51. The van der Waals surface area contributed by atoms with Crippen molar-refractivity contribution in [2.24, 2.45) is 5.92 Å². The SMILES string of the molecule is BrCc1ccc(N2CCCC3CCCC32)cc1Br. The van der Waals surface area contributed by atoms with Gasteiger partial charge in [0.25, 0.3) is 0 Å². The first-order valence-electron chi connectivity index (χ1n) is 6.90. The third-order valence-corrected chi connectivity index (χ3v) is 5.85. The van der Waals surface area contributed by atoms with Crippen molar-refractivity contribution in [1.82, 2.24) is 0 Å². The van der Waals surface area contributed by atoms with Gasteiger partial charge in [-0.3, -0.25) is 0 Å². The molecule has 1 saturated carbocycles. The second-order valence-electron chi connectivity index (χ2n) is 5.50. The van der Waals surface area contributed by atoms with Crippen LogP contribution in [-0.2, 0) is 5.33 Å². The van der Waals surface area contributed by atoms with E-state index < -0.39 is 0 Å². The average molecular weight is 373 g/mol. The zero-order chi connectivity index (χ0) is 12.5. The van der Waals surface area contributed by atoms with Crippen molar-refractivity contribution < 1.29 is 0 Å². The summed E-state index contributed by atoms with van der Waals surface area (Å²) in [4.78, 5) is 2.66. The van der Waals surface area contributed by atoms with E-state index in [9.17, 15) is 0 Å². The van der Waals surface area contributed by atoms with Crippen LogP contribution in [0, 0.1) is 5.92 Å². The quantitative estimate of drug-likeness (QED) is 0.651. The van der Waals surface area contributed by atoms with Gasteiger partial charge < -0.3 is 4.90 Å². The van der Waals surface area contributed by atoms with Crippen molar-refractivity contribution in [3.63, 3.8) is 0 Å². The Bertz CT molecular complexity index is 433. The number of anilines is 1. The molecule has 0 bridgehead atoms. The number of halogens is 2. The minimum absolute atomic E-state index is 0.806. The van der Waals surface area contributed by atoms with Crippen molar-refractivity contribution in [2.45, 2.75) is 43.5 Å². The first-order chi connectivity index (χ1) is 8.79. The summed E-state index contributed by atoms with van der Waals surface area (Å²) in [6.07, 6.45) is 7.07. The molecule has 0 N–H and O–H groups in total. The molecule has 1 aromatic rings. The Morgan fingerprint density at radius 1 is 1.17 bits per heavy atom. The fourth-order valence-corrected chi connectivity index (χ4v) is 4.97. The van der Waals surface area contributed by atoms with E-state index in [2.05, 4.69) is 55.0 Å². The first-order valence-corrected chi connectivity index (χ1v) is 8.82. The molecule has 1 aliphatic carbocycles. The van der Waals surface area contributed by atoms with Gasteiger partial charge in [0.1, 0.15) is 0 Å². The molecule has 1 nitrogen and oxygen atoms in total. The van der Waals surface area contributed by atoms with E-state index in [-0.39, 0.29) is 0 Å². The standard InChI is InChI=1S/C15H19Br2N/c16-10-12-6-7-13(9-14(12)17)18-8-2-4-11-3-1-5-15(11)18/h6-7,9,11,15H,1-5,8,10H2. The Labute approximate surface area is 126 Å². The van der Waals surface area contributed by atoms with Crippen LogP contribution in [0.4, 0.5) is 5.69 Å². The summed E-state index contributed by atoms with van der Waals surface area (Å²) < 4.78 is 1.23. The van der Waals surface area contributed by atoms with Crippen molar-refractivity contribution in [3.8, 4) is 0 Å². The molecule has 0 spiro atoms. The normalized spacial score (nSPS) is 27.3. The largest absolute Gasteiger partial charge is 0.368 e. The maximum absolute atomic E-state index is 3.69. The maximum Gasteiger partial charge on any atom is 0.0380 e. The van der Waals surface area contributed by atoms with Gasteiger partial charge in [0.2, 0.25) is 0 Å². The van der Waals surface area contributed by atoms with Crippen molar-refractivity contribution >= 4 is 37.5 Å². The molecule has 18 heavy (non-hydrogen) atoms. The van der Waals surface area contributed by atoms with Crippen LogP contribution in [-0.4, -0.2) is 12.6 Å². The predicted octanol–water partition coefficient (Wildman–Crippen LogP) is 5.11. The van der Waals surface area contributed by atoms with Crippen LogP contribution in [0.3, 0.4) is 0 Å². The second kappa shape index (κ2) is 5.54. The predicted molar refractivity (Wildman–Crippen MR) is 84.5 cm³/mol. The van der Waals surface area contributed by atoms with E-state index in [0.29, 0.717) is 0 Å². The minimum atomic E-state index is 0.806. The molecular formula is C15H19Br2N. The van der Waals surface area contributed by atoms with Gasteiger partial charge in [0, 0.05) is 28.1 Å². The molecule has 1 aliphatic heterocycles. The van der Waals surface area contributed by atoms with Crippen LogP contribution < -0.4 is 4.90 Å². The van der Waals surface area contributed by atoms with E-state index in [4.69, 9.17) is 0 Å². The van der Waals surface area contributed by atoms with Crippen molar-refractivity contribution in [1.29, 1.82) is 0 Å². The highest BCUT2D eigenvalue weighted by Gasteiger charge is 2.35. The lowest BCUT2D eigenvalue weighted by Crippen LogP contribution is -2.42. The Hall–Kier alpha value is -0.0200. The summed E-state index contributed by atoms with van der Waals surface area (Å²) in [5.74, 6) is 0.952. The lowest BCUT2D eigenvalue weighted by atomic mass is 9.91. The number of hydrogen-bond acceptors (Lipinski definition) is 1. The molecule has 1 saturated heterocycles. The van der Waals surface area contributed by atoms with Crippen LogP contribution in [0.1, 0.15) is 37.7 Å². The van der Waals surface area contributed by atoms with Gasteiger partial charge >= 0.3 is 0 Å². The highest BCUT2D eigenvalue weighted by Crippen LogP contribution is 2.39. The summed E-state index contributed by atoms with van der Waals surface area (Å²) >= 11 is 7.22. The average Bonchev–Trinajstić information content (AvgIpc) is 2.86. The zero-order valence-corrected chi connectivity index (χ0v) is 13.7. The number of alkyl halides is 1. The third kappa shape index (κ3) is 2.36. The van der Waals surface area contributed by atoms with Crippen LogP contribution >= 0.6 is 31.9 Å². The molecule has 2 aliphatic rings. The number of fused-ring (bicyclic) bond motifs is 1. The van der Waals surface area contributed by atoms with Gasteiger partial charge in [-0.1, -0.05) is 44.3 Å². The highest BCUT2D eigenvalue weighted by molar-refractivity contribution is 9.10. The summed E-state index contributed by atoms with van der Waals surface area (Å²) in [7, 11) is 0. The van der Waals surface area contributed by atoms with E-state index in [1.807, 2.05) is 0 Å². The van der Waals surface area contributed by atoms with E-state index in [1.165, 1.54) is 54.4 Å². The van der Waals surface area contributed by atoms with Gasteiger partial charge in [0.05, 0.1) is 0 Å². The number of hydrogen-bond donors (Lipinski definition) is 0. The molecule has 1 aromatic carbocycles. The van der Waals surface area contributed by atoms with Crippen LogP contribution in [0.5, 0.6) is 0 Å². The van der Waals surface area contributed by atoms with Crippen LogP contribution in [0.25, 0.3) is 0 Å². The molecule has 2 atom stereocenters. The highest BCUT2D eigenvalue weighted by atomic mass is 79.9. The Kier molecular flexibility index (Phi) is 4.00. The summed E-state index contributed by atoms with van der Waals surface area (Å²) in [5.41, 5.74) is 2.74. The fourth-order valence-electron chi connectivity index (χ4n) is 3.60. The molecule has 0 amide bonds. The number of nitrogens with zero attached hydrogens (tertiary/aromatic N) is 1. The molecule has 0 aromatic heterocycles. The molecule has 3 heteroatoms. The van der Waals surface area contributed by atoms with E-state index in [1.54, 1.807) is 0 Å². The number of piperidine rings is 1. The molecule has 2 unspecified atom stereocenters. The molecule has 98 valence electrons. The molecule has 3 rings (SSSR count). The van der Waals surface area contributed by atoms with Crippen LogP contribution in [0.2, 0.25) is 0 Å². The summed E-state index contributed by atoms with van der Waals surface area (Å²) in [5, 5.41) is 0.917. The summed E-state index contributed by atoms with van der Waals surface area (Å²) in [6, 6.07) is 7.65. The van der Waals surface area contributed by atoms with E-state index >= 15 is 0 Å². The summed E-state index contributed by atoms with van der Waals surface area (Å²) in [6.45, 7) is 1.24. The van der Waals surface area contributed by atoms with Crippen molar-refractivity contribution in [2.75, 3.05) is 11.4 Å². The van der Waals surface area contributed by atoms with Crippen LogP contribution in [0.15, 0.2) is 22.7 Å². The van der Waals surface area contributed by atoms with Gasteiger partial charge in [0.15, 0.2) is 0 Å². The van der Waals surface area contributed by atoms with Crippen molar-refractivity contribution in [3.05, 3.63) is 28.2 Å². The maximum atomic E-state index is 3.69. The first kappa shape index (κ1) is 13.0. The molecule has 2 fully saturated rings. The minimum Gasteiger partial charge on any atom is -0.368 e. The fraction of sp³-hybridized carbons (Fsp3) is 0.600. The molecule has 1 heterocycles. The number of rotatable bonds is 2. The van der Waals surface area contributed by atoms with Gasteiger partial charge in [-0.05, 0) is 49.3 Å². The molecule has 0 radical (unpaired) electrons. The zero-order valence-electron chi connectivity index (χ0n) is 10.5. The topological polar surface area (TPSA) is 3.24 Å². The smallest absolute Gasteiger partial charge is 0.0380 e. The Morgan fingerprint density at radius 3 is 2.78 bits per heavy atom. The van der Waals surface area contributed by atoms with Gasteiger partial charge in [-0.2, -0.15) is 0 Å². The monoisotopic (exact) mass is 371 g/mol. The number of benzene rings is 1. The second-order valence-corrected chi connectivity index (χ2v) is 6.92. The Morgan fingerprint density at radius 2 is 2.00 bits per heavy atom. The lowest BCUT2D eigenvalue weighted by Gasteiger charge is -2.39. The van der Waals surface area contributed by atoms with Gasteiger partial charge in [-0.15, -0.1) is 0 Å². The molecular weight excluding hydrogens is 354 g/mol. The van der Waals surface area contributed by atoms with Gasteiger partial charge in [-0.25, -0.2) is 0 Å². The lowest BCUT2D eigenvalue weighted by molar-refractivity contribution is 0.362. The van der Waals surface area contributed by atoms with E-state index in [0.717, 1.165) is 17.3 Å². The Balaban J connectivity index is 1.87.